The average molecular weight is 271 g/mol. The van der Waals surface area contributed by atoms with Crippen LogP contribution < -0.4 is 10.6 Å². The smallest absolute Gasteiger partial charge is 0.242 e. The second kappa shape index (κ2) is 4.85. The molecule has 4 nitrogen and oxygen atoms in total. The third-order valence-corrected chi connectivity index (χ3v) is 3.96. The Labute approximate surface area is 118 Å². The Morgan fingerprint density at radius 3 is 2.80 bits per heavy atom. The predicted molar refractivity (Wildman–Crippen MR) is 81.9 cm³/mol. The first kappa shape index (κ1) is 13.0. The number of hydrogen-bond acceptors (Lipinski definition) is 2. The quantitative estimate of drug-likeness (QED) is 0.747. The fourth-order valence-electron chi connectivity index (χ4n) is 2.95. The molecule has 0 spiro atoms. The maximum Gasteiger partial charge on any atom is 0.242 e. The van der Waals surface area contributed by atoms with Gasteiger partial charge < -0.3 is 15.6 Å². The molecule has 1 aliphatic heterocycles. The van der Waals surface area contributed by atoms with Crippen LogP contribution >= 0.6 is 0 Å². The lowest BCUT2D eigenvalue weighted by atomic mass is 10.0. The van der Waals surface area contributed by atoms with Crippen LogP contribution in [0.15, 0.2) is 24.4 Å². The maximum absolute atomic E-state index is 12.4. The van der Waals surface area contributed by atoms with Crippen molar-refractivity contribution in [2.45, 2.75) is 39.3 Å². The third-order valence-electron chi connectivity index (χ3n) is 3.96. The third kappa shape index (κ3) is 2.15. The van der Waals surface area contributed by atoms with Gasteiger partial charge in [-0.2, -0.15) is 0 Å². The van der Waals surface area contributed by atoms with E-state index in [-0.39, 0.29) is 23.9 Å². The second-order valence-electron chi connectivity index (χ2n) is 6.02. The van der Waals surface area contributed by atoms with Crippen molar-refractivity contribution < 1.29 is 4.79 Å². The molecule has 2 aromatic rings. The minimum Gasteiger partial charge on any atom is -0.373 e. The van der Waals surface area contributed by atoms with E-state index in [1.165, 1.54) is 10.9 Å². The van der Waals surface area contributed by atoms with Crippen molar-refractivity contribution in [1.29, 1.82) is 0 Å². The van der Waals surface area contributed by atoms with Gasteiger partial charge in [0.1, 0.15) is 6.04 Å². The van der Waals surface area contributed by atoms with Crippen molar-refractivity contribution in [3.8, 4) is 0 Å². The van der Waals surface area contributed by atoms with Crippen LogP contribution in [-0.2, 0) is 11.2 Å². The van der Waals surface area contributed by atoms with Gasteiger partial charge >= 0.3 is 0 Å². The van der Waals surface area contributed by atoms with Crippen molar-refractivity contribution in [3.63, 3.8) is 0 Å². The summed E-state index contributed by atoms with van der Waals surface area (Å²) in [4.78, 5) is 15.7. The molecular weight excluding hydrogens is 250 g/mol. The number of carbonyl (C=O) groups excluding carboxylic acids is 1. The average Bonchev–Trinajstić information content (AvgIpc) is 2.79. The summed E-state index contributed by atoms with van der Waals surface area (Å²) >= 11 is 0. The highest BCUT2D eigenvalue weighted by Gasteiger charge is 2.26. The van der Waals surface area contributed by atoms with E-state index in [0.717, 1.165) is 17.6 Å². The van der Waals surface area contributed by atoms with Crippen LogP contribution in [0.3, 0.4) is 0 Å². The van der Waals surface area contributed by atoms with Gasteiger partial charge in [0.2, 0.25) is 5.91 Å². The Morgan fingerprint density at radius 2 is 2.05 bits per heavy atom. The fraction of sp³-hybridized carbons (Fsp3) is 0.438. The highest BCUT2D eigenvalue weighted by molar-refractivity contribution is 5.97. The number of aromatic nitrogens is 1. The number of aromatic amines is 1. The summed E-state index contributed by atoms with van der Waals surface area (Å²) in [5.41, 5.74) is 3.41. The van der Waals surface area contributed by atoms with Gasteiger partial charge in [0.05, 0.1) is 0 Å². The lowest BCUT2D eigenvalue weighted by molar-refractivity contribution is -0.123. The van der Waals surface area contributed by atoms with Crippen LogP contribution in [0.25, 0.3) is 10.9 Å². The number of carbonyl (C=O) groups is 1. The number of amides is 1. The van der Waals surface area contributed by atoms with Crippen LogP contribution in [0.4, 0.5) is 5.69 Å². The van der Waals surface area contributed by atoms with Gasteiger partial charge in [0.25, 0.3) is 0 Å². The van der Waals surface area contributed by atoms with E-state index in [4.69, 9.17) is 0 Å². The van der Waals surface area contributed by atoms with E-state index in [1.807, 2.05) is 12.3 Å². The number of benzene rings is 1. The molecular formula is C16H21N3O. The van der Waals surface area contributed by atoms with Crippen LogP contribution in [0.5, 0.6) is 0 Å². The molecule has 1 amide bonds. The summed E-state index contributed by atoms with van der Waals surface area (Å²) in [6.07, 6.45) is 2.89. The van der Waals surface area contributed by atoms with Crippen molar-refractivity contribution in [2.24, 2.45) is 5.92 Å². The van der Waals surface area contributed by atoms with Gasteiger partial charge in [-0.05, 0) is 37.0 Å². The molecule has 0 unspecified atom stereocenters. The first-order valence-electron chi connectivity index (χ1n) is 7.22. The van der Waals surface area contributed by atoms with Crippen LogP contribution in [0, 0.1) is 5.92 Å². The lowest BCUT2D eigenvalue weighted by Gasteiger charge is -2.23. The molecule has 0 saturated carbocycles. The van der Waals surface area contributed by atoms with E-state index in [2.05, 4.69) is 48.5 Å². The molecule has 0 saturated heterocycles. The zero-order chi connectivity index (χ0) is 14.3. The van der Waals surface area contributed by atoms with Crippen LogP contribution in [0.2, 0.25) is 0 Å². The summed E-state index contributed by atoms with van der Waals surface area (Å²) in [5, 5.41) is 7.74. The largest absolute Gasteiger partial charge is 0.373 e. The topological polar surface area (TPSA) is 56.9 Å². The highest BCUT2D eigenvalue weighted by Crippen LogP contribution is 2.29. The molecule has 0 aliphatic carbocycles. The molecule has 0 bridgehead atoms. The van der Waals surface area contributed by atoms with E-state index in [0.29, 0.717) is 0 Å². The first-order chi connectivity index (χ1) is 9.56. The molecule has 2 heterocycles. The van der Waals surface area contributed by atoms with Crippen molar-refractivity contribution in [2.75, 3.05) is 5.32 Å². The summed E-state index contributed by atoms with van der Waals surface area (Å²) in [6.45, 7) is 6.19. The molecule has 1 aliphatic rings. The van der Waals surface area contributed by atoms with Crippen molar-refractivity contribution in [3.05, 3.63) is 30.0 Å². The molecule has 3 N–H and O–H groups in total. The SMILES string of the molecule is CC(C)[C@@H]1Nc2cccc3[nH]cc(c23)C[C@@H](C)NC1=O. The maximum atomic E-state index is 12.4. The second-order valence-corrected chi connectivity index (χ2v) is 6.02. The molecule has 2 atom stereocenters. The van der Waals surface area contributed by atoms with Gasteiger partial charge in [-0.15, -0.1) is 0 Å². The summed E-state index contributed by atoms with van der Waals surface area (Å²) < 4.78 is 0. The van der Waals surface area contributed by atoms with E-state index < -0.39 is 0 Å². The van der Waals surface area contributed by atoms with Gasteiger partial charge in [0.15, 0.2) is 0 Å². The van der Waals surface area contributed by atoms with E-state index >= 15 is 0 Å². The normalized spacial score (nSPS) is 22.9. The molecule has 0 fully saturated rings. The van der Waals surface area contributed by atoms with Crippen molar-refractivity contribution >= 4 is 22.5 Å². The summed E-state index contributed by atoms with van der Waals surface area (Å²) in [5.74, 6) is 0.316. The number of rotatable bonds is 1. The van der Waals surface area contributed by atoms with Gasteiger partial charge in [-0.3, -0.25) is 4.79 Å². The number of nitrogens with one attached hydrogen (secondary N) is 3. The fourth-order valence-corrected chi connectivity index (χ4v) is 2.95. The molecule has 20 heavy (non-hydrogen) atoms. The first-order valence-corrected chi connectivity index (χ1v) is 7.22. The molecule has 1 aromatic carbocycles. The zero-order valence-electron chi connectivity index (χ0n) is 12.2. The molecule has 106 valence electrons. The summed E-state index contributed by atoms with van der Waals surface area (Å²) in [6, 6.07) is 6.08. The molecule has 0 radical (unpaired) electrons. The Kier molecular flexibility index (Phi) is 3.16. The lowest BCUT2D eigenvalue weighted by Crippen LogP contribution is -2.46. The van der Waals surface area contributed by atoms with Crippen molar-refractivity contribution in [1.82, 2.24) is 10.3 Å². The predicted octanol–water partition coefficient (Wildman–Crippen LogP) is 2.67. The van der Waals surface area contributed by atoms with Crippen LogP contribution in [-0.4, -0.2) is 23.0 Å². The van der Waals surface area contributed by atoms with Gasteiger partial charge in [-0.25, -0.2) is 0 Å². The Morgan fingerprint density at radius 1 is 1.25 bits per heavy atom. The van der Waals surface area contributed by atoms with E-state index in [9.17, 15) is 4.79 Å². The number of H-pyrrole nitrogens is 1. The Bertz CT molecular complexity index is 644. The zero-order valence-corrected chi connectivity index (χ0v) is 12.2. The van der Waals surface area contributed by atoms with Gasteiger partial charge in [0, 0.05) is 28.8 Å². The Hall–Kier alpha value is -1.97. The minimum atomic E-state index is -0.205. The number of anilines is 1. The van der Waals surface area contributed by atoms with Gasteiger partial charge in [-0.1, -0.05) is 19.9 Å². The monoisotopic (exact) mass is 271 g/mol. The Balaban J connectivity index is 2.14. The molecule has 1 aromatic heterocycles. The highest BCUT2D eigenvalue weighted by atomic mass is 16.2. The summed E-state index contributed by atoms with van der Waals surface area (Å²) in [7, 11) is 0. The van der Waals surface area contributed by atoms with Crippen LogP contribution in [0.1, 0.15) is 26.3 Å². The minimum absolute atomic E-state index is 0.0821. The standard InChI is InChI=1S/C16H21N3O/c1-9(2)15-16(20)18-10(3)7-11-8-17-12-5-4-6-13(19-15)14(11)12/h4-6,8-10,15,17,19H,7H2,1-3H3,(H,18,20)/t10-,15+/m1/s1. The number of hydrogen-bond donors (Lipinski definition) is 3. The molecule has 4 heteroatoms. The van der Waals surface area contributed by atoms with E-state index in [1.54, 1.807) is 0 Å². The molecule has 3 rings (SSSR count).